The summed E-state index contributed by atoms with van der Waals surface area (Å²) in [4.78, 5) is 0. The molecule has 1 nitrogen and oxygen atoms in total. The summed E-state index contributed by atoms with van der Waals surface area (Å²) in [7, 11) is 0. The maximum atomic E-state index is 13.5. The smallest absolute Gasteiger partial charge is 0.148 e. The van der Waals surface area contributed by atoms with Crippen molar-refractivity contribution in [3.8, 4) is 0 Å². The second kappa shape index (κ2) is 5.35. The zero-order chi connectivity index (χ0) is 10.7. The molecule has 1 aromatic carbocycles. The number of hydrogen-bond acceptors (Lipinski definition) is 2. The molecular weight excluding hydrogens is 291 g/mol. The van der Waals surface area contributed by atoms with E-state index >= 15 is 0 Å². The minimum atomic E-state index is -0.810. The molecule has 0 heterocycles. The van der Waals surface area contributed by atoms with E-state index in [-0.39, 0.29) is 10.6 Å². The number of aliphatic hydroxyl groups is 1. The third-order valence-electron chi connectivity index (χ3n) is 1.75. The lowest BCUT2D eigenvalue weighted by Crippen LogP contribution is -2.03. The molecule has 0 aliphatic rings. The van der Waals surface area contributed by atoms with E-state index in [1.165, 1.54) is 17.8 Å². The van der Waals surface area contributed by atoms with Gasteiger partial charge in [0.2, 0.25) is 0 Å². The van der Waals surface area contributed by atoms with Crippen LogP contribution in [0, 0.1) is 5.82 Å². The molecule has 0 saturated heterocycles. The molecule has 5 heteroatoms. The van der Waals surface area contributed by atoms with Gasteiger partial charge < -0.3 is 5.11 Å². The van der Waals surface area contributed by atoms with Gasteiger partial charge in [-0.05, 0) is 28.3 Å². The molecule has 1 aromatic rings. The molecule has 78 valence electrons. The summed E-state index contributed by atoms with van der Waals surface area (Å²) in [6.07, 6.45) is 1.04. The second-order valence-electron chi connectivity index (χ2n) is 2.74. The van der Waals surface area contributed by atoms with Gasteiger partial charge in [0.05, 0.1) is 11.1 Å². The summed E-state index contributed by atoms with van der Waals surface area (Å²) in [5, 5.41) is 9.60. The van der Waals surface area contributed by atoms with Gasteiger partial charge in [-0.25, -0.2) is 4.39 Å². The van der Waals surface area contributed by atoms with Crippen molar-refractivity contribution in [2.24, 2.45) is 0 Å². The van der Waals surface area contributed by atoms with E-state index < -0.39 is 11.9 Å². The van der Waals surface area contributed by atoms with Gasteiger partial charge in [-0.2, -0.15) is 11.8 Å². The van der Waals surface area contributed by atoms with Gasteiger partial charge in [0.25, 0.3) is 0 Å². The molecule has 0 radical (unpaired) electrons. The van der Waals surface area contributed by atoms with E-state index in [0.29, 0.717) is 10.2 Å². The first kappa shape index (κ1) is 12.3. The highest BCUT2D eigenvalue weighted by molar-refractivity contribution is 9.10. The minimum Gasteiger partial charge on any atom is -0.387 e. The van der Waals surface area contributed by atoms with Crippen LogP contribution in [0.3, 0.4) is 0 Å². The predicted octanol–water partition coefficient (Wildman–Crippen LogP) is 3.64. The zero-order valence-electron chi connectivity index (χ0n) is 7.43. The molecule has 14 heavy (non-hydrogen) atoms. The van der Waals surface area contributed by atoms with E-state index in [0.717, 1.165) is 0 Å². The summed E-state index contributed by atoms with van der Waals surface area (Å²) in [5.41, 5.74) is 0.243. The molecular formula is C9H9BrClFOS. The highest BCUT2D eigenvalue weighted by Gasteiger charge is 2.16. The molecule has 1 rings (SSSR count). The minimum absolute atomic E-state index is 0.0163. The van der Waals surface area contributed by atoms with Crippen LogP contribution < -0.4 is 0 Å². The number of halogens is 3. The molecule has 0 bridgehead atoms. The fourth-order valence-corrected chi connectivity index (χ4v) is 2.02. The van der Waals surface area contributed by atoms with Gasteiger partial charge in [0.15, 0.2) is 0 Å². The first-order chi connectivity index (χ1) is 6.57. The number of hydrogen-bond donors (Lipinski definition) is 1. The van der Waals surface area contributed by atoms with Crippen molar-refractivity contribution in [1.29, 1.82) is 0 Å². The number of thioether (sulfide) groups is 1. The highest BCUT2D eigenvalue weighted by Crippen LogP contribution is 2.31. The maximum Gasteiger partial charge on any atom is 0.148 e. The van der Waals surface area contributed by atoms with Crippen LogP contribution in [0.5, 0.6) is 0 Å². The predicted molar refractivity (Wildman–Crippen MR) is 62.5 cm³/mol. The monoisotopic (exact) mass is 298 g/mol. The van der Waals surface area contributed by atoms with Crippen molar-refractivity contribution < 1.29 is 9.50 Å². The largest absolute Gasteiger partial charge is 0.387 e. The van der Waals surface area contributed by atoms with Crippen LogP contribution in [0.25, 0.3) is 0 Å². The summed E-state index contributed by atoms with van der Waals surface area (Å²) in [6, 6.07) is 3.16. The summed E-state index contributed by atoms with van der Waals surface area (Å²) in [5.74, 6) is -0.0999. The van der Waals surface area contributed by atoms with E-state index in [2.05, 4.69) is 15.9 Å². The van der Waals surface area contributed by atoms with E-state index in [9.17, 15) is 9.50 Å². The quantitative estimate of drug-likeness (QED) is 0.860. The Morgan fingerprint density at radius 2 is 2.29 bits per heavy atom. The zero-order valence-corrected chi connectivity index (χ0v) is 10.6. The summed E-state index contributed by atoms with van der Waals surface area (Å²) >= 11 is 10.2. The van der Waals surface area contributed by atoms with Crippen molar-refractivity contribution in [2.75, 3.05) is 12.0 Å². The molecule has 1 unspecified atom stereocenters. The highest BCUT2D eigenvalue weighted by atomic mass is 79.9. The Kier molecular flexibility index (Phi) is 4.70. The lowest BCUT2D eigenvalue weighted by atomic mass is 10.1. The number of rotatable bonds is 3. The Hall–Kier alpha value is 0.230. The van der Waals surface area contributed by atoms with Crippen LogP contribution in [-0.4, -0.2) is 17.1 Å². The van der Waals surface area contributed by atoms with Crippen molar-refractivity contribution in [3.05, 3.63) is 33.0 Å². The SMILES string of the molecule is CSCC(O)c1ccc(Br)c(Cl)c1F. The topological polar surface area (TPSA) is 20.2 Å². The Balaban J connectivity index is 3.04. The lowest BCUT2D eigenvalue weighted by Gasteiger charge is -2.11. The third kappa shape index (κ3) is 2.63. The summed E-state index contributed by atoms with van der Waals surface area (Å²) < 4.78 is 14.0. The van der Waals surface area contributed by atoms with Crippen LogP contribution in [0.15, 0.2) is 16.6 Å². The molecule has 0 amide bonds. The van der Waals surface area contributed by atoms with Gasteiger partial charge >= 0.3 is 0 Å². The number of aliphatic hydroxyl groups excluding tert-OH is 1. The van der Waals surface area contributed by atoms with Gasteiger partial charge in [0.1, 0.15) is 5.82 Å². The van der Waals surface area contributed by atoms with Crippen LogP contribution in [0.2, 0.25) is 5.02 Å². The van der Waals surface area contributed by atoms with Crippen molar-refractivity contribution in [1.82, 2.24) is 0 Å². The molecule has 0 spiro atoms. The third-order valence-corrected chi connectivity index (χ3v) is 3.66. The molecule has 0 aromatic heterocycles. The van der Waals surface area contributed by atoms with E-state index in [4.69, 9.17) is 11.6 Å². The van der Waals surface area contributed by atoms with Crippen molar-refractivity contribution in [2.45, 2.75) is 6.10 Å². The van der Waals surface area contributed by atoms with Crippen molar-refractivity contribution >= 4 is 39.3 Å². The fraction of sp³-hybridized carbons (Fsp3) is 0.333. The van der Waals surface area contributed by atoms with Crippen LogP contribution in [0.4, 0.5) is 4.39 Å². The fourth-order valence-electron chi connectivity index (χ4n) is 1.05. The van der Waals surface area contributed by atoms with Gasteiger partial charge in [-0.15, -0.1) is 0 Å². The van der Waals surface area contributed by atoms with Gasteiger partial charge in [-0.3, -0.25) is 0 Å². The van der Waals surface area contributed by atoms with Crippen LogP contribution in [-0.2, 0) is 0 Å². The van der Waals surface area contributed by atoms with Gasteiger partial charge in [-0.1, -0.05) is 17.7 Å². The molecule has 1 atom stereocenters. The molecule has 1 N–H and O–H groups in total. The Morgan fingerprint density at radius 1 is 1.64 bits per heavy atom. The van der Waals surface area contributed by atoms with Gasteiger partial charge in [0, 0.05) is 15.8 Å². The van der Waals surface area contributed by atoms with Crippen molar-refractivity contribution in [3.63, 3.8) is 0 Å². The molecule has 0 aliphatic carbocycles. The van der Waals surface area contributed by atoms with Crippen LogP contribution >= 0.6 is 39.3 Å². The summed E-state index contributed by atoms with van der Waals surface area (Å²) in [6.45, 7) is 0. The van der Waals surface area contributed by atoms with E-state index in [1.54, 1.807) is 6.07 Å². The molecule has 0 aliphatic heterocycles. The Bertz CT molecular complexity index is 335. The molecule has 0 fully saturated rings. The second-order valence-corrected chi connectivity index (χ2v) is 4.88. The average molecular weight is 300 g/mol. The molecule has 0 saturated carbocycles. The average Bonchev–Trinajstić information content (AvgIpc) is 2.15. The number of benzene rings is 1. The normalized spacial score (nSPS) is 12.9. The first-order valence-corrected chi connectivity index (χ1v) is 6.44. The lowest BCUT2D eigenvalue weighted by molar-refractivity contribution is 0.199. The Morgan fingerprint density at radius 3 is 2.86 bits per heavy atom. The maximum absolute atomic E-state index is 13.5. The standard InChI is InChI=1S/C9H9BrClFOS/c1-14-4-7(13)5-2-3-6(10)8(11)9(5)12/h2-3,7,13H,4H2,1H3. The van der Waals surface area contributed by atoms with Crippen LogP contribution in [0.1, 0.15) is 11.7 Å². The first-order valence-electron chi connectivity index (χ1n) is 3.88. The Labute approximate surface area is 99.8 Å². The van der Waals surface area contributed by atoms with E-state index in [1.807, 2.05) is 6.26 Å².